The summed E-state index contributed by atoms with van der Waals surface area (Å²) in [6.45, 7) is 0.468. The molecule has 0 atom stereocenters. The fourth-order valence-electron chi connectivity index (χ4n) is 1.77. The van der Waals surface area contributed by atoms with Crippen molar-refractivity contribution in [2.24, 2.45) is 5.73 Å². The summed E-state index contributed by atoms with van der Waals surface area (Å²) >= 11 is 0. The lowest BCUT2D eigenvalue weighted by Crippen LogP contribution is -2.25. The van der Waals surface area contributed by atoms with E-state index in [0.29, 0.717) is 17.7 Å². The molecule has 0 aliphatic heterocycles. The average molecular weight is 280 g/mol. The van der Waals surface area contributed by atoms with Gasteiger partial charge in [0.25, 0.3) is 5.91 Å². The number of halogens is 2. The van der Waals surface area contributed by atoms with E-state index in [2.05, 4.69) is 5.32 Å². The molecule has 0 saturated carbocycles. The Bertz CT molecular complexity index is 591. The second-order valence-corrected chi connectivity index (χ2v) is 4.25. The number of carbonyl (C=O) groups is 1. The highest BCUT2D eigenvalue weighted by atomic mass is 19.1. The number of benzene rings is 1. The zero-order valence-corrected chi connectivity index (χ0v) is 10.7. The van der Waals surface area contributed by atoms with Gasteiger partial charge in [-0.1, -0.05) is 0 Å². The Morgan fingerprint density at radius 1 is 1.20 bits per heavy atom. The number of hydrogen-bond donors (Lipinski definition) is 2. The van der Waals surface area contributed by atoms with E-state index in [1.807, 2.05) is 0 Å². The third-order valence-corrected chi connectivity index (χ3v) is 2.71. The summed E-state index contributed by atoms with van der Waals surface area (Å²) in [5, 5.41) is 2.61. The lowest BCUT2D eigenvalue weighted by Gasteiger charge is -2.04. The minimum atomic E-state index is -0.634. The van der Waals surface area contributed by atoms with E-state index in [1.54, 1.807) is 6.07 Å². The van der Waals surface area contributed by atoms with Crippen molar-refractivity contribution in [3.05, 3.63) is 59.1 Å². The molecule has 2 aromatic rings. The van der Waals surface area contributed by atoms with E-state index in [4.69, 9.17) is 10.2 Å². The fourth-order valence-corrected chi connectivity index (χ4v) is 1.77. The van der Waals surface area contributed by atoms with Crippen LogP contribution in [-0.4, -0.2) is 12.5 Å². The molecule has 0 saturated heterocycles. The van der Waals surface area contributed by atoms with E-state index in [1.165, 1.54) is 18.2 Å². The summed E-state index contributed by atoms with van der Waals surface area (Å²) in [7, 11) is 0. The third-order valence-electron chi connectivity index (χ3n) is 2.71. The first-order chi connectivity index (χ1) is 9.58. The minimum absolute atomic E-state index is 0.163. The summed E-state index contributed by atoms with van der Waals surface area (Å²) in [5.41, 5.74) is 5.85. The predicted octanol–water partition coefficient (Wildman–Crippen LogP) is 1.99. The monoisotopic (exact) mass is 280 g/mol. The van der Waals surface area contributed by atoms with Crippen LogP contribution >= 0.6 is 0 Å². The molecule has 1 amide bonds. The van der Waals surface area contributed by atoms with Gasteiger partial charge < -0.3 is 15.5 Å². The summed E-state index contributed by atoms with van der Waals surface area (Å²) in [6, 6.07) is 6.42. The molecule has 106 valence electrons. The van der Waals surface area contributed by atoms with Gasteiger partial charge in [0, 0.05) is 12.6 Å². The minimum Gasteiger partial charge on any atom is -0.455 e. The largest absolute Gasteiger partial charge is 0.455 e. The third kappa shape index (κ3) is 3.64. The van der Waals surface area contributed by atoms with Crippen LogP contribution in [0.3, 0.4) is 0 Å². The maximum atomic E-state index is 13.0. The van der Waals surface area contributed by atoms with Crippen molar-refractivity contribution in [2.75, 3.05) is 6.54 Å². The van der Waals surface area contributed by atoms with Crippen molar-refractivity contribution in [1.82, 2.24) is 5.32 Å². The highest BCUT2D eigenvalue weighted by Crippen LogP contribution is 2.09. The van der Waals surface area contributed by atoms with Crippen LogP contribution in [0.1, 0.15) is 21.9 Å². The summed E-state index contributed by atoms with van der Waals surface area (Å²) in [6.07, 6.45) is 0.324. The van der Waals surface area contributed by atoms with Gasteiger partial charge in [-0.3, -0.25) is 4.79 Å². The molecule has 0 bridgehead atoms. The topological polar surface area (TPSA) is 68.3 Å². The van der Waals surface area contributed by atoms with Crippen LogP contribution in [0.2, 0.25) is 0 Å². The number of nitrogens with two attached hydrogens (primary N) is 1. The fraction of sp³-hybridized carbons (Fsp3) is 0.214. The van der Waals surface area contributed by atoms with Crippen molar-refractivity contribution in [3.8, 4) is 0 Å². The number of rotatable bonds is 5. The predicted molar refractivity (Wildman–Crippen MR) is 69.0 cm³/mol. The van der Waals surface area contributed by atoms with Gasteiger partial charge in [-0.2, -0.15) is 0 Å². The number of carbonyl (C=O) groups excluding carboxylic acids is 1. The van der Waals surface area contributed by atoms with Crippen molar-refractivity contribution < 1.29 is 18.0 Å². The molecule has 6 heteroatoms. The Morgan fingerprint density at radius 3 is 2.50 bits per heavy atom. The normalized spacial score (nSPS) is 10.6. The highest BCUT2D eigenvalue weighted by Gasteiger charge is 2.10. The van der Waals surface area contributed by atoms with E-state index in [0.717, 1.165) is 6.07 Å². The van der Waals surface area contributed by atoms with Gasteiger partial charge in [-0.15, -0.1) is 0 Å². The molecule has 0 aliphatic rings. The maximum absolute atomic E-state index is 13.0. The van der Waals surface area contributed by atoms with Gasteiger partial charge in [-0.05, 0) is 36.2 Å². The molecule has 3 N–H and O–H groups in total. The second-order valence-electron chi connectivity index (χ2n) is 4.25. The summed E-state index contributed by atoms with van der Waals surface area (Å²) < 4.78 is 31.1. The van der Waals surface area contributed by atoms with Crippen molar-refractivity contribution in [2.45, 2.75) is 13.0 Å². The van der Waals surface area contributed by atoms with Crippen molar-refractivity contribution in [1.29, 1.82) is 0 Å². The number of hydrogen-bond acceptors (Lipinski definition) is 3. The molecule has 1 aromatic carbocycles. The lowest BCUT2D eigenvalue weighted by atomic mass is 10.1. The number of amides is 1. The van der Waals surface area contributed by atoms with Crippen LogP contribution in [0.25, 0.3) is 0 Å². The molecular weight excluding hydrogens is 266 g/mol. The van der Waals surface area contributed by atoms with Crippen molar-refractivity contribution >= 4 is 5.91 Å². The summed E-state index contributed by atoms with van der Waals surface area (Å²) in [4.78, 5) is 11.7. The van der Waals surface area contributed by atoms with E-state index < -0.39 is 11.6 Å². The zero-order valence-electron chi connectivity index (χ0n) is 10.7. The zero-order chi connectivity index (χ0) is 14.5. The standard InChI is InChI=1S/C14H14F2N2O2/c15-10-5-9(6-11(16)7-10)3-4-18-14(19)13-2-1-12(8-17)20-13/h1-2,5-7H,3-4,8,17H2,(H,18,19). The molecule has 0 aliphatic carbocycles. The average Bonchev–Trinajstić information content (AvgIpc) is 2.86. The van der Waals surface area contributed by atoms with Crippen LogP contribution in [0.15, 0.2) is 34.7 Å². The van der Waals surface area contributed by atoms with Gasteiger partial charge in [0.15, 0.2) is 5.76 Å². The quantitative estimate of drug-likeness (QED) is 0.880. The first kappa shape index (κ1) is 14.2. The molecule has 0 radical (unpaired) electrons. The molecule has 0 spiro atoms. The smallest absolute Gasteiger partial charge is 0.287 e. The Hall–Kier alpha value is -2.21. The molecule has 0 unspecified atom stereocenters. The van der Waals surface area contributed by atoms with Gasteiger partial charge in [0.1, 0.15) is 17.4 Å². The first-order valence-corrected chi connectivity index (χ1v) is 6.10. The Balaban J connectivity index is 1.87. The molecule has 1 aromatic heterocycles. The maximum Gasteiger partial charge on any atom is 0.287 e. The van der Waals surface area contributed by atoms with Gasteiger partial charge in [0.2, 0.25) is 0 Å². The number of nitrogens with one attached hydrogen (secondary N) is 1. The van der Waals surface area contributed by atoms with Crippen LogP contribution in [0.5, 0.6) is 0 Å². The molecule has 1 heterocycles. The van der Waals surface area contributed by atoms with Gasteiger partial charge in [-0.25, -0.2) is 8.78 Å². The molecule has 20 heavy (non-hydrogen) atoms. The van der Waals surface area contributed by atoms with E-state index >= 15 is 0 Å². The first-order valence-electron chi connectivity index (χ1n) is 6.10. The lowest BCUT2D eigenvalue weighted by molar-refractivity contribution is 0.0924. The van der Waals surface area contributed by atoms with E-state index in [-0.39, 0.29) is 24.8 Å². The van der Waals surface area contributed by atoms with Crippen molar-refractivity contribution in [3.63, 3.8) is 0 Å². The summed E-state index contributed by atoms with van der Waals surface area (Å²) in [5.74, 6) is -0.977. The molecule has 2 rings (SSSR count). The Kier molecular flexibility index (Phi) is 4.47. The Morgan fingerprint density at radius 2 is 1.90 bits per heavy atom. The van der Waals surface area contributed by atoms with Gasteiger partial charge in [0.05, 0.1) is 6.54 Å². The van der Waals surface area contributed by atoms with Crippen LogP contribution in [0, 0.1) is 11.6 Å². The molecule has 0 fully saturated rings. The Labute approximate surface area is 114 Å². The van der Waals surface area contributed by atoms with Gasteiger partial charge >= 0.3 is 0 Å². The molecular formula is C14H14F2N2O2. The second kappa shape index (κ2) is 6.29. The SMILES string of the molecule is NCc1ccc(C(=O)NCCc2cc(F)cc(F)c2)o1. The van der Waals surface area contributed by atoms with Crippen LogP contribution < -0.4 is 11.1 Å². The van der Waals surface area contributed by atoms with Crippen LogP contribution in [-0.2, 0) is 13.0 Å². The number of furan rings is 1. The van der Waals surface area contributed by atoms with E-state index in [9.17, 15) is 13.6 Å². The van der Waals surface area contributed by atoms with Crippen LogP contribution in [0.4, 0.5) is 8.78 Å². The molecule has 4 nitrogen and oxygen atoms in total. The highest BCUT2D eigenvalue weighted by molar-refractivity contribution is 5.91.